The lowest BCUT2D eigenvalue weighted by molar-refractivity contribution is -0.709. The summed E-state index contributed by atoms with van der Waals surface area (Å²) in [5.74, 6) is -4.84. The van der Waals surface area contributed by atoms with Gasteiger partial charge >= 0.3 is 0 Å². The van der Waals surface area contributed by atoms with Crippen LogP contribution < -0.4 is 10.6 Å². The van der Waals surface area contributed by atoms with E-state index in [-0.39, 0.29) is 6.04 Å². The molecule has 0 bridgehead atoms. The van der Waals surface area contributed by atoms with Gasteiger partial charge in [0.25, 0.3) is 5.91 Å². The molecule has 2 rings (SSSR count). The van der Waals surface area contributed by atoms with Crippen LogP contribution in [-0.2, 0) is 4.79 Å². The van der Waals surface area contributed by atoms with Gasteiger partial charge < -0.3 is 10.6 Å². The van der Waals surface area contributed by atoms with Crippen molar-refractivity contribution in [3.8, 4) is 0 Å². The van der Waals surface area contributed by atoms with E-state index in [1.165, 1.54) is 0 Å². The van der Waals surface area contributed by atoms with Crippen molar-refractivity contribution < 1.29 is 23.3 Å². The largest absolute Gasteiger partial charge is 0.330 e. The van der Waals surface area contributed by atoms with E-state index in [9.17, 15) is 18.0 Å². The molecule has 0 saturated heterocycles. The van der Waals surface area contributed by atoms with Crippen molar-refractivity contribution in [2.24, 2.45) is 0 Å². The lowest BCUT2D eigenvalue weighted by Gasteiger charge is -2.17. The van der Waals surface area contributed by atoms with Gasteiger partial charge in [-0.05, 0) is 38.1 Å². The summed E-state index contributed by atoms with van der Waals surface area (Å²) in [6.07, 6.45) is 0. The van der Waals surface area contributed by atoms with Crippen LogP contribution >= 0.6 is 11.6 Å². The molecule has 0 aliphatic carbocycles. The van der Waals surface area contributed by atoms with Gasteiger partial charge in [-0.3, -0.25) is 4.79 Å². The highest BCUT2D eigenvalue weighted by Gasteiger charge is 2.22. The first-order valence-corrected chi connectivity index (χ1v) is 7.72. The third-order valence-corrected chi connectivity index (χ3v) is 3.93. The van der Waals surface area contributed by atoms with Crippen molar-refractivity contribution >= 4 is 23.2 Å². The molecule has 0 aliphatic heterocycles. The van der Waals surface area contributed by atoms with E-state index >= 15 is 0 Å². The number of benzene rings is 2. The van der Waals surface area contributed by atoms with Crippen LogP contribution in [0.2, 0.25) is 5.02 Å². The first-order valence-electron chi connectivity index (χ1n) is 7.34. The smallest absolute Gasteiger partial charge is 0.282 e. The van der Waals surface area contributed by atoms with Gasteiger partial charge in [-0.2, -0.15) is 0 Å². The van der Waals surface area contributed by atoms with Crippen LogP contribution in [0.4, 0.5) is 18.9 Å². The molecule has 128 valence electrons. The van der Waals surface area contributed by atoms with Crippen molar-refractivity contribution in [2.75, 3.05) is 5.32 Å². The first-order chi connectivity index (χ1) is 11.3. The number of nitrogens with one attached hydrogen (secondary N) is 1. The molecule has 0 spiro atoms. The first kappa shape index (κ1) is 18.3. The van der Waals surface area contributed by atoms with Crippen LogP contribution in [0.5, 0.6) is 0 Å². The number of amides is 1. The molecule has 7 heteroatoms. The topological polar surface area (TPSA) is 45.7 Å². The Morgan fingerprint density at radius 1 is 1.04 bits per heavy atom. The molecular weight excluding hydrogens is 341 g/mol. The average molecular weight is 358 g/mol. The SMILES string of the molecule is C[C@H]([NH2+][C@@H](C)c1ccc(Cl)cc1)C(=O)Nc1ccc(F)c(F)c1F. The van der Waals surface area contributed by atoms with Crippen molar-refractivity contribution in [2.45, 2.75) is 25.9 Å². The Hall–Kier alpha value is -2.05. The molecular formula is C17H17ClF3N2O+. The number of hydrogen-bond acceptors (Lipinski definition) is 1. The maximum Gasteiger partial charge on any atom is 0.282 e. The Labute approximate surface area is 142 Å². The Balaban J connectivity index is 2.02. The number of carbonyl (C=O) groups excluding carboxylic acids is 1. The van der Waals surface area contributed by atoms with Gasteiger partial charge in [-0.25, -0.2) is 13.2 Å². The molecule has 2 aromatic rings. The van der Waals surface area contributed by atoms with E-state index in [1.54, 1.807) is 24.4 Å². The lowest BCUT2D eigenvalue weighted by Crippen LogP contribution is -2.91. The van der Waals surface area contributed by atoms with Crippen LogP contribution in [0, 0.1) is 17.5 Å². The molecule has 2 aromatic carbocycles. The van der Waals surface area contributed by atoms with Crippen molar-refractivity contribution in [3.63, 3.8) is 0 Å². The van der Waals surface area contributed by atoms with Crippen LogP contribution in [0.15, 0.2) is 36.4 Å². The van der Waals surface area contributed by atoms with Crippen LogP contribution in [0.3, 0.4) is 0 Å². The van der Waals surface area contributed by atoms with Gasteiger partial charge in [-0.1, -0.05) is 23.7 Å². The summed E-state index contributed by atoms with van der Waals surface area (Å²) in [5.41, 5.74) is 0.580. The monoisotopic (exact) mass is 357 g/mol. The zero-order chi connectivity index (χ0) is 17.9. The van der Waals surface area contributed by atoms with Gasteiger partial charge in [0.05, 0.1) is 5.69 Å². The third kappa shape index (κ3) is 4.27. The minimum atomic E-state index is -1.61. The highest BCUT2D eigenvalue weighted by Crippen LogP contribution is 2.19. The molecule has 3 N–H and O–H groups in total. The molecule has 0 saturated carbocycles. The summed E-state index contributed by atoms with van der Waals surface area (Å²) in [4.78, 5) is 12.1. The number of anilines is 1. The Morgan fingerprint density at radius 2 is 1.67 bits per heavy atom. The zero-order valence-electron chi connectivity index (χ0n) is 13.1. The predicted octanol–water partition coefficient (Wildman–Crippen LogP) is 3.41. The van der Waals surface area contributed by atoms with Gasteiger partial charge in [0.15, 0.2) is 23.5 Å². The number of nitrogens with two attached hydrogens (primary N) is 1. The summed E-state index contributed by atoms with van der Waals surface area (Å²) in [7, 11) is 0. The number of carbonyl (C=O) groups is 1. The van der Waals surface area contributed by atoms with E-state index in [2.05, 4.69) is 5.32 Å². The Morgan fingerprint density at radius 3 is 2.29 bits per heavy atom. The summed E-state index contributed by atoms with van der Waals surface area (Å²) in [6, 6.07) is 8.35. The van der Waals surface area contributed by atoms with Crippen molar-refractivity contribution in [1.82, 2.24) is 0 Å². The number of hydrogen-bond donors (Lipinski definition) is 2. The molecule has 0 fully saturated rings. The minimum absolute atomic E-state index is 0.0437. The molecule has 2 atom stereocenters. The second-order valence-corrected chi connectivity index (χ2v) is 5.97. The van der Waals surface area contributed by atoms with Gasteiger partial charge in [-0.15, -0.1) is 0 Å². The Kier molecular flexibility index (Phi) is 5.85. The van der Waals surface area contributed by atoms with Gasteiger partial charge in [0, 0.05) is 10.6 Å². The number of quaternary nitrogens is 1. The molecule has 1 amide bonds. The van der Waals surface area contributed by atoms with E-state index in [0.29, 0.717) is 5.02 Å². The normalized spacial score (nSPS) is 13.4. The highest BCUT2D eigenvalue weighted by molar-refractivity contribution is 6.30. The predicted molar refractivity (Wildman–Crippen MR) is 86.2 cm³/mol. The third-order valence-electron chi connectivity index (χ3n) is 3.68. The van der Waals surface area contributed by atoms with Crippen molar-refractivity contribution in [1.29, 1.82) is 0 Å². The number of rotatable bonds is 5. The quantitative estimate of drug-likeness (QED) is 0.791. The highest BCUT2D eigenvalue weighted by atomic mass is 35.5. The fourth-order valence-corrected chi connectivity index (χ4v) is 2.39. The molecule has 24 heavy (non-hydrogen) atoms. The van der Waals surface area contributed by atoms with Gasteiger partial charge in [0.2, 0.25) is 0 Å². The average Bonchev–Trinajstić information content (AvgIpc) is 2.55. The summed E-state index contributed by atoms with van der Waals surface area (Å²) < 4.78 is 39.7. The van der Waals surface area contributed by atoms with Crippen LogP contribution in [-0.4, -0.2) is 11.9 Å². The summed E-state index contributed by atoms with van der Waals surface area (Å²) in [6.45, 7) is 3.55. The maximum atomic E-state index is 13.6. The number of halogens is 4. The lowest BCUT2D eigenvalue weighted by atomic mass is 10.1. The fraction of sp³-hybridized carbons (Fsp3) is 0.235. The molecule has 0 heterocycles. The fourth-order valence-electron chi connectivity index (χ4n) is 2.27. The van der Waals surface area contributed by atoms with Crippen LogP contribution in [0.25, 0.3) is 0 Å². The molecule has 0 aliphatic rings. The summed E-state index contributed by atoms with van der Waals surface area (Å²) >= 11 is 5.83. The second kappa shape index (κ2) is 7.68. The van der Waals surface area contributed by atoms with Gasteiger partial charge in [0.1, 0.15) is 6.04 Å². The second-order valence-electron chi connectivity index (χ2n) is 5.53. The maximum absolute atomic E-state index is 13.6. The standard InChI is InChI=1S/C17H16ClF3N2O/c1-9(11-3-5-12(18)6-4-11)22-10(2)17(24)23-14-8-7-13(19)15(20)16(14)21/h3-10,22H,1-2H3,(H,23,24)/p+1/t9-,10-/m0/s1. The molecule has 0 unspecified atom stereocenters. The van der Waals surface area contributed by atoms with Crippen LogP contribution in [0.1, 0.15) is 25.5 Å². The molecule has 3 nitrogen and oxygen atoms in total. The van der Waals surface area contributed by atoms with E-state index in [4.69, 9.17) is 11.6 Å². The van der Waals surface area contributed by atoms with E-state index < -0.39 is 35.1 Å². The van der Waals surface area contributed by atoms with Crippen molar-refractivity contribution in [3.05, 3.63) is 64.4 Å². The molecule has 0 radical (unpaired) electrons. The Bertz CT molecular complexity index is 737. The molecule has 0 aromatic heterocycles. The van der Waals surface area contributed by atoms with E-state index in [0.717, 1.165) is 17.7 Å². The van der Waals surface area contributed by atoms with E-state index in [1.807, 2.05) is 19.1 Å². The zero-order valence-corrected chi connectivity index (χ0v) is 13.9. The minimum Gasteiger partial charge on any atom is -0.330 e. The summed E-state index contributed by atoms with van der Waals surface area (Å²) in [5, 5.41) is 4.66.